The number of hydrogen-bond acceptors (Lipinski definition) is 6. The third-order valence-electron chi connectivity index (χ3n) is 6.03. The lowest BCUT2D eigenvalue weighted by Crippen LogP contribution is -2.37. The fraction of sp³-hybridized carbons (Fsp3) is 0.318. The molecule has 0 saturated carbocycles. The number of hydrogen-bond donors (Lipinski definition) is 0. The molecular weight excluding hydrogens is 388 g/mol. The van der Waals surface area contributed by atoms with Gasteiger partial charge in [0.2, 0.25) is 0 Å². The molecule has 1 aromatic carbocycles. The second-order valence-electron chi connectivity index (χ2n) is 7.53. The minimum absolute atomic E-state index is 0.00269. The SMILES string of the molecule is CC1=C(C)C(O/C=C2/C(=O)N(c3nccs3)C3CCc4ccccc4C23)OC1=O. The van der Waals surface area contributed by atoms with E-state index in [0.29, 0.717) is 16.3 Å². The Kier molecular flexibility index (Phi) is 4.28. The first-order chi connectivity index (χ1) is 14.1. The van der Waals surface area contributed by atoms with Crippen molar-refractivity contribution < 1.29 is 19.1 Å². The van der Waals surface area contributed by atoms with Crippen LogP contribution in [0.25, 0.3) is 0 Å². The number of cyclic esters (lactones) is 1. The molecule has 0 spiro atoms. The summed E-state index contributed by atoms with van der Waals surface area (Å²) in [5.41, 5.74) is 4.27. The fourth-order valence-corrected chi connectivity index (χ4v) is 5.08. The van der Waals surface area contributed by atoms with Gasteiger partial charge in [0.15, 0.2) is 5.13 Å². The number of nitrogens with zero attached hydrogens (tertiary/aromatic N) is 2. The number of esters is 1. The molecule has 3 atom stereocenters. The number of carbonyl (C=O) groups is 2. The lowest BCUT2D eigenvalue weighted by Gasteiger charge is -2.31. The van der Waals surface area contributed by atoms with Crippen LogP contribution in [0.2, 0.25) is 0 Å². The van der Waals surface area contributed by atoms with Crippen LogP contribution in [0.15, 0.2) is 58.8 Å². The summed E-state index contributed by atoms with van der Waals surface area (Å²) in [6.45, 7) is 3.52. The maximum Gasteiger partial charge on any atom is 0.337 e. The Morgan fingerprint density at radius 3 is 2.83 bits per heavy atom. The maximum atomic E-state index is 13.4. The third kappa shape index (κ3) is 2.80. The van der Waals surface area contributed by atoms with Gasteiger partial charge in [0.25, 0.3) is 12.2 Å². The van der Waals surface area contributed by atoms with Crippen LogP contribution in [0.5, 0.6) is 0 Å². The van der Waals surface area contributed by atoms with Crippen LogP contribution in [0.3, 0.4) is 0 Å². The van der Waals surface area contributed by atoms with E-state index in [1.807, 2.05) is 17.5 Å². The van der Waals surface area contributed by atoms with Crippen LogP contribution in [-0.4, -0.2) is 29.2 Å². The minimum Gasteiger partial charge on any atom is -0.458 e. The van der Waals surface area contributed by atoms with Gasteiger partial charge < -0.3 is 9.47 Å². The first kappa shape index (κ1) is 18.1. The van der Waals surface area contributed by atoms with Gasteiger partial charge in [-0.25, -0.2) is 9.78 Å². The second-order valence-corrected chi connectivity index (χ2v) is 8.40. The van der Waals surface area contributed by atoms with E-state index in [0.717, 1.165) is 24.0 Å². The number of thiazole rings is 1. The van der Waals surface area contributed by atoms with Crippen molar-refractivity contribution in [3.05, 3.63) is 70.0 Å². The molecular formula is C22H20N2O4S. The van der Waals surface area contributed by atoms with Crippen LogP contribution in [-0.2, 0) is 25.5 Å². The molecule has 1 fully saturated rings. The number of benzene rings is 1. The number of aryl methyl sites for hydroxylation is 1. The summed E-state index contributed by atoms with van der Waals surface area (Å²) >= 11 is 1.46. The Hall–Kier alpha value is -2.93. The summed E-state index contributed by atoms with van der Waals surface area (Å²) in [5.74, 6) is -0.581. The highest BCUT2D eigenvalue weighted by atomic mass is 32.1. The highest BCUT2D eigenvalue weighted by Gasteiger charge is 2.49. The average molecular weight is 408 g/mol. The van der Waals surface area contributed by atoms with Crippen molar-refractivity contribution in [3.8, 4) is 0 Å². The van der Waals surface area contributed by atoms with Gasteiger partial charge in [-0.1, -0.05) is 24.3 Å². The molecule has 1 amide bonds. The Morgan fingerprint density at radius 1 is 1.28 bits per heavy atom. The van der Waals surface area contributed by atoms with Crippen molar-refractivity contribution in [3.63, 3.8) is 0 Å². The lowest BCUT2D eigenvalue weighted by molar-refractivity contribution is -0.153. The number of rotatable bonds is 3. The van der Waals surface area contributed by atoms with Crippen molar-refractivity contribution in [1.29, 1.82) is 0 Å². The van der Waals surface area contributed by atoms with Crippen molar-refractivity contribution in [1.82, 2.24) is 4.98 Å². The maximum absolute atomic E-state index is 13.4. The smallest absolute Gasteiger partial charge is 0.337 e. The fourth-order valence-electron chi connectivity index (χ4n) is 4.38. The molecule has 6 nitrogen and oxygen atoms in total. The van der Waals surface area contributed by atoms with E-state index in [9.17, 15) is 9.59 Å². The Morgan fingerprint density at radius 2 is 2.10 bits per heavy atom. The first-order valence-corrected chi connectivity index (χ1v) is 10.5. The highest BCUT2D eigenvalue weighted by molar-refractivity contribution is 7.13. The molecule has 148 valence electrons. The van der Waals surface area contributed by atoms with Gasteiger partial charge in [0.05, 0.1) is 17.9 Å². The van der Waals surface area contributed by atoms with Gasteiger partial charge in [-0.2, -0.15) is 0 Å². The Labute approximate surface area is 172 Å². The summed E-state index contributed by atoms with van der Waals surface area (Å²) in [7, 11) is 0. The van der Waals surface area contributed by atoms with E-state index in [1.54, 1.807) is 24.9 Å². The van der Waals surface area contributed by atoms with Gasteiger partial charge in [0.1, 0.15) is 0 Å². The topological polar surface area (TPSA) is 68.7 Å². The third-order valence-corrected chi connectivity index (χ3v) is 6.80. The van der Waals surface area contributed by atoms with E-state index in [4.69, 9.17) is 9.47 Å². The van der Waals surface area contributed by atoms with E-state index in [1.165, 1.54) is 23.2 Å². The molecule has 29 heavy (non-hydrogen) atoms. The van der Waals surface area contributed by atoms with E-state index in [2.05, 4.69) is 17.1 Å². The number of fused-ring (bicyclic) bond motifs is 3. The minimum atomic E-state index is -0.783. The molecule has 2 aliphatic heterocycles. The monoisotopic (exact) mass is 408 g/mol. The van der Waals surface area contributed by atoms with Crippen LogP contribution in [0.4, 0.5) is 5.13 Å². The van der Waals surface area contributed by atoms with Gasteiger partial charge in [-0.3, -0.25) is 9.69 Å². The average Bonchev–Trinajstić information content (AvgIpc) is 3.41. The van der Waals surface area contributed by atoms with Crippen LogP contribution >= 0.6 is 11.3 Å². The van der Waals surface area contributed by atoms with Gasteiger partial charge in [-0.15, -0.1) is 11.3 Å². The second kappa shape index (κ2) is 6.84. The molecule has 2 aromatic rings. The number of carbonyl (C=O) groups excluding carboxylic acids is 2. The molecule has 3 aliphatic rings. The molecule has 1 aromatic heterocycles. The van der Waals surface area contributed by atoms with E-state index in [-0.39, 0.29) is 23.8 Å². The molecule has 1 aliphatic carbocycles. The zero-order valence-corrected chi connectivity index (χ0v) is 16.9. The molecule has 0 N–H and O–H groups in total. The standard InChI is InChI=1S/C22H20N2O4S/c1-12-13(2)21(28-20(12)26)27-11-16-18-15-6-4-3-5-14(15)7-8-17(18)24(19(16)25)22-23-9-10-29-22/h3-6,9-11,17-18,21H,7-8H2,1-2H3/b16-11+. The van der Waals surface area contributed by atoms with Crippen molar-refractivity contribution in [2.75, 3.05) is 4.90 Å². The molecule has 0 radical (unpaired) electrons. The molecule has 7 heteroatoms. The summed E-state index contributed by atoms with van der Waals surface area (Å²) in [6, 6.07) is 8.25. The van der Waals surface area contributed by atoms with Crippen LogP contribution in [0, 0.1) is 0 Å². The molecule has 1 saturated heterocycles. The van der Waals surface area contributed by atoms with Gasteiger partial charge in [0, 0.05) is 28.6 Å². The Bertz CT molecular complexity index is 1060. The number of aromatic nitrogens is 1. The quantitative estimate of drug-likeness (QED) is 0.440. The van der Waals surface area contributed by atoms with Gasteiger partial charge >= 0.3 is 5.97 Å². The number of anilines is 1. The highest BCUT2D eigenvalue weighted by Crippen LogP contribution is 2.47. The molecule has 5 rings (SSSR count). The zero-order chi connectivity index (χ0) is 20.1. The molecule has 3 heterocycles. The summed E-state index contributed by atoms with van der Waals surface area (Å²) in [4.78, 5) is 31.4. The van der Waals surface area contributed by atoms with Crippen LogP contribution in [0.1, 0.15) is 37.3 Å². The first-order valence-electron chi connectivity index (χ1n) is 9.61. The predicted molar refractivity (Wildman–Crippen MR) is 108 cm³/mol. The largest absolute Gasteiger partial charge is 0.458 e. The number of ether oxygens (including phenoxy) is 2. The summed E-state index contributed by atoms with van der Waals surface area (Å²) in [6.07, 6.45) is 4.21. The lowest BCUT2D eigenvalue weighted by atomic mass is 9.78. The Balaban J connectivity index is 1.55. The molecule has 0 bridgehead atoms. The van der Waals surface area contributed by atoms with E-state index < -0.39 is 6.29 Å². The van der Waals surface area contributed by atoms with Crippen molar-refractivity contribution in [2.24, 2.45) is 0 Å². The summed E-state index contributed by atoms with van der Waals surface area (Å²) < 4.78 is 11.1. The normalized spacial score (nSPS) is 27.3. The predicted octanol–water partition coefficient (Wildman–Crippen LogP) is 3.71. The van der Waals surface area contributed by atoms with Crippen molar-refractivity contribution in [2.45, 2.75) is 44.9 Å². The van der Waals surface area contributed by atoms with Crippen molar-refractivity contribution >= 4 is 28.3 Å². The zero-order valence-electron chi connectivity index (χ0n) is 16.1. The summed E-state index contributed by atoms with van der Waals surface area (Å²) in [5, 5.41) is 2.58. The van der Waals surface area contributed by atoms with Gasteiger partial charge in [-0.05, 0) is 37.8 Å². The number of amides is 1. The van der Waals surface area contributed by atoms with E-state index >= 15 is 0 Å². The molecule has 3 unspecified atom stereocenters. The van der Waals surface area contributed by atoms with Crippen LogP contribution < -0.4 is 4.90 Å².